The number of sulfonamides is 1. The zero-order valence-electron chi connectivity index (χ0n) is 23.4. The second-order valence-corrected chi connectivity index (χ2v) is 12.5. The average molecular weight is 636 g/mol. The summed E-state index contributed by atoms with van der Waals surface area (Å²) in [4.78, 5) is 39.8. The largest absolute Gasteiger partial charge is 0.352 e. The van der Waals surface area contributed by atoms with Crippen molar-refractivity contribution < 1.29 is 22.9 Å². The van der Waals surface area contributed by atoms with E-state index in [4.69, 9.17) is 23.2 Å². The van der Waals surface area contributed by atoms with Crippen molar-refractivity contribution >= 4 is 56.4 Å². The number of amides is 2. The number of carbonyl (C=O) groups excluding carboxylic acids is 2. The Bertz CT molecular complexity index is 1520. The van der Waals surface area contributed by atoms with Crippen molar-refractivity contribution in [1.29, 1.82) is 0 Å². The van der Waals surface area contributed by atoms with Gasteiger partial charge >= 0.3 is 0 Å². The molecule has 2 amide bonds. The van der Waals surface area contributed by atoms with E-state index in [2.05, 4.69) is 5.32 Å². The van der Waals surface area contributed by atoms with Crippen molar-refractivity contribution in [1.82, 2.24) is 10.2 Å². The van der Waals surface area contributed by atoms with Gasteiger partial charge in [-0.05, 0) is 37.1 Å². The van der Waals surface area contributed by atoms with Gasteiger partial charge < -0.3 is 10.2 Å². The molecule has 3 aromatic carbocycles. The Hall–Kier alpha value is -3.67. The van der Waals surface area contributed by atoms with Crippen LogP contribution in [0.2, 0.25) is 10.0 Å². The minimum absolute atomic E-state index is 0.0700. The van der Waals surface area contributed by atoms with Crippen molar-refractivity contribution in [2.75, 3.05) is 17.1 Å². The van der Waals surface area contributed by atoms with Crippen LogP contribution >= 0.6 is 23.2 Å². The van der Waals surface area contributed by atoms with Crippen molar-refractivity contribution in [3.8, 4) is 0 Å². The quantitative estimate of drug-likeness (QED) is 0.203. The summed E-state index contributed by atoms with van der Waals surface area (Å²) in [5.74, 6) is -1.17. The lowest BCUT2D eigenvalue weighted by atomic mass is 10.0. The van der Waals surface area contributed by atoms with Gasteiger partial charge in [0.05, 0.1) is 16.9 Å². The molecule has 0 heterocycles. The number of carbonyl (C=O) groups is 2. The molecule has 0 spiro atoms. The highest BCUT2D eigenvalue weighted by Crippen LogP contribution is 2.28. The Labute approximate surface area is 255 Å². The molecule has 3 aromatic rings. The van der Waals surface area contributed by atoms with Gasteiger partial charge in [0.25, 0.3) is 5.69 Å². The number of nitrogens with zero attached hydrogens (tertiary/aromatic N) is 3. The van der Waals surface area contributed by atoms with E-state index in [1.165, 1.54) is 23.1 Å². The summed E-state index contributed by atoms with van der Waals surface area (Å²) >= 11 is 12.9. The second-order valence-electron chi connectivity index (χ2n) is 9.79. The SMILES string of the molecule is CC[C@H](C)NC(=O)[C@H](Cc1ccccc1)N(Cc1c(Cl)cccc1Cl)C(=O)CN(c1cccc([N+](=O)[O-])c1)S(C)(=O)=O. The molecule has 0 aliphatic carbocycles. The van der Waals surface area contributed by atoms with Gasteiger partial charge in [0.15, 0.2) is 0 Å². The summed E-state index contributed by atoms with van der Waals surface area (Å²) in [6, 6.07) is 17.6. The summed E-state index contributed by atoms with van der Waals surface area (Å²) in [5, 5.41) is 14.8. The number of nitrogens with one attached hydrogen (secondary N) is 1. The second kappa shape index (κ2) is 14.5. The summed E-state index contributed by atoms with van der Waals surface area (Å²) in [6.07, 6.45) is 1.65. The van der Waals surface area contributed by atoms with Gasteiger partial charge in [-0.1, -0.05) is 72.6 Å². The molecule has 0 aliphatic rings. The van der Waals surface area contributed by atoms with Crippen LogP contribution in [0.25, 0.3) is 0 Å². The Balaban J connectivity index is 2.12. The van der Waals surface area contributed by atoms with Gasteiger partial charge in [-0.15, -0.1) is 0 Å². The van der Waals surface area contributed by atoms with Crippen LogP contribution in [0.15, 0.2) is 72.8 Å². The topological polar surface area (TPSA) is 130 Å². The van der Waals surface area contributed by atoms with Crippen LogP contribution in [0.4, 0.5) is 11.4 Å². The maximum atomic E-state index is 14.1. The third-order valence-electron chi connectivity index (χ3n) is 6.67. The summed E-state index contributed by atoms with van der Waals surface area (Å²) in [6.45, 7) is 2.81. The zero-order chi connectivity index (χ0) is 31.0. The van der Waals surface area contributed by atoms with E-state index < -0.39 is 39.3 Å². The monoisotopic (exact) mass is 634 g/mol. The van der Waals surface area contributed by atoms with E-state index >= 15 is 0 Å². The Kier molecular flexibility index (Phi) is 11.3. The van der Waals surface area contributed by atoms with Crippen molar-refractivity contribution in [3.63, 3.8) is 0 Å². The number of benzene rings is 3. The fourth-order valence-electron chi connectivity index (χ4n) is 4.22. The predicted molar refractivity (Wildman–Crippen MR) is 164 cm³/mol. The minimum Gasteiger partial charge on any atom is -0.352 e. The smallest absolute Gasteiger partial charge is 0.271 e. The van der Waals surface area contributed by atoms with Crippen LogP contribution in [0.5, 0.6) is 0 Å². The lowest BCUT2D eigenvalue weighted by Gasteiger charge is -2.34. The number of hydrogen-bond donors (Lipinski definition) is 1. The van der Waals surface area contributed by atoms with Crippen LogP contribution in [0.1, 0.15) is 31.4 Å². The number of rotatable bonds is 13. The Morgan fingerprint density at radius 2 is 1.62 bits per heavy atom. The first kappa shape index (κ1) is 32.8. The van der Waals surface area contributed by atoms with E-state index in [0.29, 0.717) is 12.0 Å². The summed E-state index contributed by atoms with van der Waals surface area (Å²) in [7, 11) is -4.10. The molecule has 0 unspecified atom stereocenters. The van der Waals surface area contributed by atoms with Crippen LogP contribution in [0, 0.1) is 10.1 Å². The van der Waals surface area contributed by atoms with Crippen LogP contribution in [-0.2, 0) is 32.6 Å². The summed E-state index contributed by atoms with van der Waals surface area (Å²) in [5.41, 5.74) is 0.732. The fraction of sp³-hybridized carbons (Fsp3) is 0.310. The van der Waals surface area contributed by atoms with Gasteiger partial charge in [0.2, 0.25) is 21.8 Å². The fourth-order valence-corrected chi connectivity index (χ4v) is 5.58. The van der Waals surface area contributed by atoms with E-state index in [-0.39, 0.29) is 40.4 Å². The van der Waals surface area contributed by atoms with Gasteiger partial charge in [-0.2, -0.15) is 0 Å². The molecule has 0 aliphatic heterocycles. The standard InChI is InChI=1S/C29H32Cl2N4O6S/c1-4-20(2)32-29(37)27(16-21-10-6-5-7-11-21)33(18-24-25(30)14-9-15-26(24)31)28(36)19-34(42(3,40)41)22-12-8-13-23(17-22)35(38)39/h5-15,17,20,27H,4,16,18-19H2,1-3H3,(H,32,37)/t20-,27-/m0/s1. The maximum Gasteiger partial charge on any atom is 0.271 e. The molecular weight excluding hydrogens is 603 g/mol. The van der Waals surface area contributed by atoms with E-state index in [9.17, 15) is 28.1 Å². The first-order valence-electron chi connectivity index (χ1n) is 13.1. The molecule has 13 heteroatoms. The van der Waals surface area contributed by atoms with Gasteiger partial charge in [-0.3, -0.25) is 24.0 Å². The maximum absolute atomic E-state index is 14.1. The van der Waals surface area contributed by atoms with Crippen LogP contribution in [0.3, 0.4) is 0 Å². The molecule has 0 saturated heterocycles. The van der Waals surface area contributed by atoms with Crippen LogP contribution < -0.4 is 9.62 Å². The lowest BCUT2D eigenvalue weighted by Crippen LogP contribution is -2.54. The molecule has 2 atom stereocenters. The van der Waals surface area contributed by atoms with E-state index in [1.54, 1.807) is 18.2 Å². The first-order valence-corrected chi connectivity index (χ1v) is 15.7. The van der Waals surface area contributed by atoms with Gasteiger partial charge in [0, 0.05) is 46.7 Å². The van der Waals surface area contributed by atoms with Crippen molar-refractivity contribution in [2.45, 2.75) is 45.3 Å². The average Bonchev–Trinajstić information content (AvgIpc) is 2.94. The third-order valence-corrected chi connectivity index (χ3v) is 8.52. The minimum atomic E-state index is -4.10. The Morgan fingerprint density at radius 3 is 2.19 bits per heavy atom. The number of anilines is 1. The van der Waals surface area contributed by atoms with Gasteiger partial charge in [-0.25, -0.2) is 8.42 Å². The van der Waals surface area contributed by atoms with Gasteiger partial charge in [0.1, 0.15) is 12.6 Å². The van der Waals surface area contributed by atoms with E-state index in [1.807, 2.05) is 44.2 Å². The Morgan fingerprint density at radius 1 is 1.00 bits per heavy atom. The summed E-state index contributed by atoms with van der Waals surface area (Å²) < 4.78 is 26.5. The molecule has 3 rings (SSSR count). The molecular formula is C29H32Cl2N4O6S. The third kappa shape index (κ3) is 8.67. The lowest BCUT2D eigenvalue weighted by molar-refractivity contribution is -0.384. The number of non-ortho nitro benzene ring substituents is 1. The number of nitro groups is 1. The number of hydrogen-bond acceptors (Lipinski definition) is 6. The number of halogens is 2. The molecule has 224 valence electrons. The number of nitro benzene ring substituents is 1. The highest BCUT2D eigenvalue weighted by molar-refractivity contribution is 7.92. The normalized spacial score (nSPS) is 12.7. The molecule has 0 aromatic heterocycles. The van der Waals surface area contributed by atoms with Crippen LogP contribution in [-0.4, -0.2) is 54.9 Å². The zero-order valence-corrected chi connectivity index (χ0v) is 25.7. The van der Waals surface area contributed by atoms with E-state index in [0.717, 1.165) is 22.2 Å². The first-order chi connectivity index (χ1) is 19.8. The molecule has 1 N–H and O–H groups in total. The predicted octanol–water partition coefficient (Wildman–Crippen LogP) is 5.22. The van der Waals surface area contributed by atoms with Crippen molar-refractivity contribution in [2.24, 2.45) is 0 Å². The highest BCUT2D eigenvalue weighted by atomic mass is 35.5. The molecule has 0 radical (unpaired) electrons. The molecule has 10 nitrogen and oxygen atoms in total. The molecule has 0 saturated carbocycles. The molecule has 42 heavy (non-hydrogen) atoms. The molecule has 0 fully saturated rings. The van der Waals surface area contributed by atoms with Crippen molar-refractivity contribution in [3.05, 3.63) is 104 Å². The molecule has 0 bridgehead atoms. The highest BCUT2D eigenvalue weighted by Gasteiger charge is 2.34.